The number of hydrazone groups is 1. The van der Waals surface area contributed by atoms with E-state index in [2.05, 4.69) is 15.8 Å². The normalized spacial score (nSPS) is 13.9. The van der Waals surface area contributed by atoms with Gasteiger partial charge in [0.15, 0.2) is 0 Å². The molecule has 24 heavy (non-hydrogen) atoms. The van der Waals surface area contributed by atoms with Crippen molar-refractivity contribution < 1.29 is 14.0 Å². The summed E-state index contributed by atoms with van der Waals surface area (Å²) in [4.78, 5) is 23.2. The zero-order valence-electron chi connectivity index (χ0n) is 12.9. The Bertz CT molecular complexity index is 800. The third kappa shape index (κ3) is 3.65. The molecule has 0 spiro atoms. The van der Waals surface area contributed by atoms with Gasteiger partial charge in [0.2, 0.25) is 5.91 Å². The quantitative estimate of drug-likeness (QED) is 0.906. The van der Waals surface area contributed by atoms with Crippen LogP contribution in [-0.2, 0) is 11.3 Å². The number of hydrogen-bond acceptors (Lipinski definition) is 3. The van der Waals surface area contributed by atoms with Crippen molar-refractivity contribution in [3.63, 3.8) is 0 Å². The molecule has 122 valence electrons. The van der Waals surface area contributed by atoms with Crippen LogP contribution in [0, 0.1) is 5.82 Å². The van der Waals surface area contributed by atoms with Gasteiger partial charge >= 0.3 is 0 Å². The molecule has 2 aromatic carbocycles. The lowest BCUT2D eigenvalue weighted by Gasteiger charge is -2.12. The minimum Gasteiger partial charge on any atom is -0.348 e. The molecule has 5 nitrogen and oxygen atoms in total. The Kier molecular flexibility index (Phi) is 4.65. The third-order valence-corrected chi connectivity index (χ3v) is 3.78. The van der Waals surface area contributed by atoms with Crippen LogP contribution < -0.4 is 10.7 Å². The minimum atomic E-state index is -0.342. The molecule has 0 fully saturated rings. The molecule has 1 heterocycles. The Balaban J connectivity index is 1.64. The number of nitrogens with zero attached hydrogens (tertiary/aromatic N) is 1. The first-order chi connectivity index (χ1) is 11.6. The lowest BCUT2D eigenvalue weighted by molar-refractivity contribution is -0.121. The van der Waals surface area contributed by atoms with E-state index in [1.165, 1.54) is 6.07 Å². The fourth-order valence-electron chi connectivity index (χ4n) is 2.42. The van der Waals surface area contributed by atoms with Crippen LogP contribution in [-0.4, -0.2) is 17.5 Å². The van der Waals surface area contributed by atoms with E-state index < -0.39 is 0 Å². The molecule has 1 aliphatic heterocycles. The van der Waals surface area contributed by atoms with Gasteiger partial charge in [0.05, 0.1) is 5.71 Å². The van der Waals surface area contributed by atoms with Gasteiger partial charge in [-0.05, 0) is 23.8 Å². The number of amides is 2. The predicted molar refractivity (Wildman–Crippen MR) is 87.9 cm³/mol. The highest BCUT2D eigenvalue weighted by Crippen LogP contribution is 2.12. The average molecular weight is 325 g/mol. The molecular weight excluding hydrogens is 309 g/mol. The Hall–Kier alpha value is -3.02. The van der Waals surface area contributed by atoms with E-state index in [9.17, 15) is 14.0 Å². The lowest BCUT2D eigenvalue weighted by atomic mass is 10.0. The molecule has 0 radical (unpaired) electrons. The smallest absolute Gasteiger partial charge is 0.251 e. The van der Waals surface area contributed by atoms with Gasteiger partial charge in [-0.2, -0.15) is 5.10 Å². The maximum atomic E-state index is 13.5. The van der Waals surface area contributed by atoms with Crippen molar-refractivity contribution in [1.29, 1.82) is 0 Å². The first kappa shape index (κ1) is 15.9. The van der Waals surface area contributed by atoms with Crippen molar-refractivity contribution in [3.05, 3.63) is 71.0 Å². The third-order valence-electron chi connectivity index (χ3n) is 3.78. The number of hydrogen-bond donors (Lipinski definition) is 2. The van der Waals surface area contributed by atoms with E-state index in [1.807, 2.05) is 0 Å². The summed E-state index contributed by atoms with van der Waals surface area (Å²) < 4.78 is 13.5. The van der Waals surface area contributed by atoms with Gasteiger partial charge in [-0.3, -0.25) is 9.59 Å². The Morgan fingerprint density at radius 1 is 1.12 bits per heavy atom. The Morgan fingerprint density at radius 2 is 1.88 bits per heavy atom. The topological polar surface area (TPSA) is 70.6 Å². The summed E-state index contributed by atoms with van der Waals surface area (Å²) in [7, 11) is 0. The van der Waals surface area contributed by atoms with E-state index >= 15 is 0 Å². The Labute approximate surface area is 138 Å². The summed E-state index contributed by atoms with van der Waals surface area (Å²) in [5, 5.41) is 6.71. The van der Waals surface area contributed by atoms with Gasteiger partial charge in [0.25, 0.3) is 5.91 Å². The number of rotatable bonds is 4. The molecule has 0 saturated carbocycles. The first-order valence-electron chi connectivity index (χ1n) is 7.61. The van der Waals surface area contributed by atoms with Crippen molar-refractivity contribution in [2.24, 2.45) is 5.10 Å². The summed E-state index contributed by atoms with van der Waals surface area (Å²) in [6.45, 7) is 0.131. The predicted octanol–water partition coefficient (Wildman–Crippen LogP) is 2.37. The van der Waals surface area contributed by atoms with Gasteiger partial charge < -0.3 is 5.32 Å². The molecule has 0 saturated heterocycles. The van der Waals surface area contributed by atoms with Gasteiger partial charge in [0, 0.05) is 30.5 Å². The second kappa shape index (κ2) is 7.04. The summed E-state index contributed by atoms with van der Waals surface area (Å²) in [5.41, 5.74) is 5.01. The second-order valence-electron chi connectivity index (χ2n) is 5.44. The summed E-state index contributed by atoms with van der Waals surface area (Å²) >= 11 is 0. The van der Waals surface area contributed by atoms with Gasteiger partial charge in [-0.15, -0.1) is 0 Å². The highest BCUT2D eigenvalue weighted by atomic mass is 19.1. The number of carbonyl (C=O) groups is 2. The summed E-state index contributed by atoms with van der Waals surface area (Å²) in [6, 6.07) is 13.3. The Morgan fingerprint density at radius 3 is 2.54 bits per heavy atom. The summed E-state index contributed by atoms with van der Waals surface area (Å²) in [6.07, 6.45) is 0.981. The largest absolute Gasteiger partial charge is 0.348 e. The van der Waals surface area contributed by atoms with Crippen LogP contribution >= 0.6 is 0 Å². The van der Waals surface area contributed by atoms with Crippen molar-refractivity contribution >= 4 is 17.5 Å². The van der Waals surface area contributed by atoms with E-state index in [1.54, 1.807) is 42.5 Å². The SMILES string of the molecule is O=C1CCC(c2ccc(C(=O)NCc3ccccc3F)cc2)=NN1. The van der Waals surface area contributed by atoms with Gasteiger partial charge in [0.1, 0.15) is 5.82 Å². The van der Waals surface area contributed by atoms with Crippen LogP contribution in [0.5, 0.6) is 0 Å². The van der Waals surface area contributed by atoms with E-state index in [0.29, 0.717) is 24.0 Å². The number of benzene rings is 2. The van der Waals surface area contributed by atoms with Crippen LogP contribution in [0.4, 0.5) is 4.39 Å². The maximum absolute atomic E-state index is 13.5. The zero-order chi connectivity index (χ0) is 16.9. The molecular formula is C18H16FN3O2. The maximum Gasteiger partial charge on any atom is 0.251 e. The molecule has 6 heteroatoms. The van der Waals surface area contributed by atoms with Crippen molar-refractivity contribution in [2.45, 2.75) is 19.4 Å². The first-order valence-corrected chi connectivity index (χ1v) is 7.61. The van der Waals surface area contributed by atoms with Crippen LogP contribution in [0.25, 0.3) is 0 Å². The zero-order valence-corrected chi connectivity index (χ0v) is 12.9. The van der Waals surface area contributed by atoms with Crippen molar-refractivity contribution in [2.75, 3.05) is 0 Å². The molecule has 0 atom stereocenters. The molecule has 0 aromatic heterocycles. The highest BCUT2D eigenvalue weighted by Gasteiger charge is 2.14. The summed E-state index contributed by atoms with van der Waals surface area (Å²) in [5.74, 6) is -0.711. The van der Waals surface area contributed by atoms with Gasteiger partial charge in [-0.1, -0.05) is 30.3 Å². The molecule has 3 rings (SSSR count). The lowest BCUT2D eigenvalue weighted by Crippen LogP contribution is -2.26. The van der Waals surface area contributed by atoms with Crippen molar-refractivity contribution in [1.82, 2.24) is 10.7 Å². The molecule has 2 amide bonds. The minimum absolute atomic E-state index is 0.0945. The fourth-order valence-corrected chi connectivity index (χ4v) is 2.42. The number of nitrogens with one attached hydrogen (secondary N) is 2. The molecule has 2 N–H and O–H groups in total. The molecule has 0 aliphatic carbocycles. The standard InChI is InChI=1S/C18H16FN3O2/c19-15-4-2-1-3-14(15)11-20-18(24)13-7-5-12(6-8-13)16-9-10-17(23)22-21-16/h1-8H,9-11H2,(H,20,24)(H,22,23). The second-order valence-corrected chi connectivity index (χ2v) is 5.44. The number of carbonyl (C=O) groups excluding carboxylic acids is 2. The van der Waals surface area contributed by atoms with E-state index in [-0.39, 0.29) is 24.2 Å². The highest BCUT2D eigenvalue weighted by molar-refractivity contribution is 6.04. The molecule has 1 aliphatic rings. The number of halogens is 1. The molecule has 2 aromatic rings. The average Bonchev–Trinajstić information content (AvgIpc) is 2.62. The van der Waals surface area contributed by atoms with Crippen LogP contribution in [0.3, 0.4) is 0 Å². The van der Waals surface area contributed by atoms with Crippen molar-refractivity contribution in [3.8, 4) is 0 Å². The monoisotopic (exact) mass is 325 g/mol. The van der Waals surface area contributed by atoms with Crippen LogP contribution in [0.2, 0.25) is 0 Å². The van der Waals surface area contributed by atoms with E-state index in [4.69, 9.17) is 0 Å². The fraction of sp³-hybridized carbons (Fsp3) is 0.167. The van der Waals surface area contributed by atoms with Gasteiger partial charge in [-0.25, -0.2) is 9.82 Å². The van der Waals surface area contributed by atoms with Crippen LogP contribution in [0.1, 0.15) is 34.3 Å². The van der Waals surface area contributed by atoms with E-state index in [0.717, 1.165) is 11.3 Å². The molecule has 0 bridgehead atoms. The van der Waals surface area contributed by atoms with Crippen LogP contribution in [0.15, 0.2) is 53.6 Å². The molecule has 0 unspecified atom stereocenters.